The molecule has 0 radical (unpaired) electrons. The summed E-state index contributed by atoms with van der Waals surface area (Å²) in [5, 5.41) is 3.17. The SMILES string of the molecule is CCCNCCOC(=O)N(CC)CC. The van der Waals surface area contributed by atoms with Crippen molar-refractivity contribution in [2.24, 2.45) is 0 Å². The van der Waals surface area contributed by atoms with Crippen LogP contribution in [0.1, 0.15) is 27.2 Å². The molecule has 0 aromatic carbocycles. The summed E-state index contributed by atoms with van der Waals surface area (Å²) in [4.78, 5) is 13.0. The molecule has 0 fully saturated rings. The highest BCUT2D eigenvalue weighted by Crippen LogP contribution is 1.92. The number of carbonyl (C=O) groups is 1. The van der Waals surface area contributed by atoms with Crippen LogP contribution in [-0.2, 0) is 4.74 Å². The first-order valence-electron chi connectivity index (χ1n) is 5.38. The van der Waals surface area contributed by atoms with Gasteiger partial charge >= 0.3 is 6.09 Å². The molecule has 0 spiro atoms. The van der Waals surface area contributed by atoms with Gasteiger partial charge in [-0.1, -0.05) is 6.92 Å². The van der Waals surface area contributed by atoms with Gasteiger partial charge in [0.25, 0.3) is 0 Å². The van der Waals surface area contributed by atoms with Crippen molar-refractivity contribution < 1.29 is 9.53 Å². The third-order valence-electron chi connectivity index (χ3n) is 1.95. The second-order valence-electron chi connectivity index (χ2n) is 3.04. The van der Waals surface area contributed by atoms with Crippen LogP contribution in [0.15, 0.2) is 0 Å². The van der Waals surface area contributed by atoms with Crippen LogP contribution < -0.4 is 5.32 Å². The molecule has 0 aliphatic heterocycles. The smallest absolute Gasteiger partial charge is 0.409 e. The minimum atomic E-state index is -0.215. The first-order valence-corrected chi connectivity index (χ1v) is 5.38. The topological polar surface area (TPSA) is 41.6 Å². The van der Waals surface area contributed by atoms with E-state index in [4.69, 9.17) is 4.74 Å². The Kier molecular flexibility index (Phi) is 8.33. The van der Waals surface area contributed by atoms with Crippen LogP contribution >= 0.6 is 0 Å². The molecule has 0 aliphatic carbocycles. The van der Waals surface area contributed by atoms with E-state index in [1.54, 1.807) is 4.90 Å². The maximum absolute atomic E-state index is 11.3. The summed E-state index contributed by atoms with van der Waals surface area (Å²) in [5.41, 5.74) is 0. The molecule has 14 heavy (non-hydrogen) atoms. The van der Waals surface area contributed by atoms with E-state index in [1.807, 2.05) is 13.8 Å². The first kappa shape index (κ1) is 13.2. The minimum absolute atomic E-state index is 0.215. The third kappa shape index (κ3) is 5.80. The fraction of sp³-hybridized carbons (Fsp3) is 0.900. The average Bonchev–Trinajstić information content (AvgIpc) is 2.19. The van der Waals surface area contributed by atoms with Crippen LogP contribution in [0.3, 0.4) is 0 Å². The molecule has 0 aromatic rings. The molecule has 1 amide bonds. The number of carbonyl (C=O) groups excluding carboxylic acids is 1. The highest BCUT2D eigenvalue weighted by Gasteiger charge is 2.09. The molecular weight excluding hydrogens is 180 g/mol. The van der Waals surface area contributed by atoms with Crippen molar-refractivity contribution in [1.29, 1.82) is 0 Å². The van der Waals surface area contributed by atoms with Crippen molar-refractivity contribution in [2.45, 2.75) is 27.2 Å². The molecule has 0 saturated heterocycles. The number of hydrogen-bond acceptors (Lipinski definition) is 3. The molecule has 0 unspecified atom stereocenters. The second kappa shape index (κ2) is 8.81. The maximum atomic E-state index is 11.3. The lowest BCUT2D eigenvalue weighted by molar-refractivity contribution is 0.107. The quantitative estimate of drug-likeness (QED) is 0.636. The summed E-state index contributed by atoms with van der Waals surface area (Å²) in [6.45, 7) is 9.57. The van der Waals surface area contributed by atoms with Crippen LogP contribution in [0.2, 0.25) is 0 Å². The zero-order valence-corrected chi connectivity index (χ0v) is 9.51. The Hall–Kier alpha value is -0.770. The molecule has 0 saturated carbocycles. The summed E-state index contributed by atoms with van der Waals surface area (Å²) in [6, 6.07) is 0. The van der Waals surface area contributed by atoms with Gasteiger partial charge in [0, 0.05) is 19.6 Å². The summed E-state index contributed by atoms with van der Waals surface area (Å²) >= 11 is 0. The van der Waals surface area contributed by atoms with Gasteiger partial charge in [0.15, 0.2) is 0 Å². The van der Waals surface area contributed by atoms with Crippen LogP contribution in [0.25, 0.3) is 0 Å². The molecule has 84 valence electrons. The van der Waals surface area contributed by atoms with Crippen molar-refractivity contribution in [2.75, 3.05) is 32.8 Å². The van der Waals surface area contributed by atoms with Crippen LogP contribution in [-0.4, -0.2) is 43.8 Å². The van der Waals surface area contributed by atoms with Gasteiger partial charge in [-0.2, -0.15) is 0 Å². The highest BCUT2D eigenvalue weighted by atomic mass is 16.6. The third-order valence-corrected chi connectivity index (χ3v) is 1.95. The minimum Gasteiger partial charge on any atom is -0.448 e. The number of amides is 1. The van der Waals surface area contributed by atoms with E-state index in [1.165, 1.54) is 0 Å². The zero-order chi connectivity index (χ0) is 10.8. The van der Waals surface area contributed by atoms with Crippen molar-refractivity contribution in [3.05, 3.63) is 0 Å². The average molecular weight is 202 g/mol. The summed E-state index contributed by atoms with van der Waals surface area (Å²) in [6.07, 6.45) is 0.887. The molecule has 0 aliphatic rings. The summed E-state index contributed by atoms with van der Waals surface area (Å²) in [5.74, 6) is 0. The van der Waals surface area contributed by atoms with Crippen molar-refractivity contribution in [3.63, 3.8) is 0 Å². The molecule has 1 N–H and O–H groups in total. The molecule has 4 nitrogen and oxygen atoms in total. The Morgan fingerprint density at radius 2 is 1.86 bits per heavy atom. The zero-order valence-electron chi connectivity index (χ0n) is 9.51. The standard InChI is InChI=1S/C10H22N2O2/c1-4-7-11-8-9-14-10(13)12(5-2)6-3/h11H,4-9H2,1-3H3. The van der Waals surface area contributed by atoms with E-state index in [0.29, 0.717) is 19.7 Å². The number of hydrogen-bond donors (Lipinski definition) is 1. The predicted octanol–water partition coefficient (Wildman–Crippen LogP) is 1.46. The van der Waals surface area contributed by atoms with Gasteiger partial charge in [-0.25, -0.2) is 4.79 Å². The second-order valence-corrected chi connectivity index (χ2v) is 3.04. The van der Waals surface area contributed by atoms with E-state index in [2.05, 4.69) is 12.2 Å². The molecular formula is C10H22N2O2. The summed E-state index contributed by atoms with van der Waals surface area (Å²) in [7, 11) is 0. The van der Waals surface area contributed by atoms with E-state index in [0.717, 1.165) is 19.5 Å². The number of rotatable bonds is 7. The maximum Gasteiger partial charge on any atom is 0.409 e. The van der Waals surface area contributed by atoms with Crippen LogP contribution in [0.5, 0.6) is 0 Å². The van der Waals surface area contributed by atoms with E-state index in [9.17, 15) is 4.79 Å². The number of ether oxygens (including phenoxy) is 1. The fourth-order valence-electron chi connectivity index (χ4n) is 1.09. The van der Waals surface area contributed by atoms with Crippen molar-refractivity contribution >= 4 is 6.09 Å². The van der Waals surface area contributed by atoms with Crippen LogP contribution in [0, 0.1) is 0 Å². The number of nitrogens with one attached hydrogen (secondary N) is 1. The lowest BCUT2D eigenvalue weighted by atomic mass is 10.5. The molecule has 0 bridgehead atoms. The van der Waals surface area contributed by atoms with Gasteiger partial charge in [-0.05, 0) is 26.8 Å². The molecule has 4 heteroatoms. The van der Waals surface area contributed by atoms with Gasteiger partial charge < -0.3 is 15.0 Å². The van der Waals surface area contributed by atoms with Gasteiger partial charge in [0.2, 0.25) is 0 Å². The Morgan fingerprint density at radius 3 is 2.36 bits per heavy atom. The van der Waals surface area contributed by atoms with Gasteiger partial charge in [0.1, 0.15) is 6.61 Å². The Labute approximate surface area is 86.6 Å². The first-order chi connectivity index (χ1) is 6.76. The Bertz CT molecular complexity index is 147. The van der Waals surface area contributed by atoms with Crippen LogP contribution in [0.4, 0.5) is 4.79 Å². The lowest BCUT2D eigenvalue weighted by Crippen LogP contribution is -2.33. The monoisotopic (exact) mass is 202 g/mol. The summed E-state index contributed by atoms with van der Waals surface area (Å²) < 4.78 is 5.06. The normalized spacial score (nSPS) is 9.93. The van der Waals surface area contributed by atoms with Gasteiger partial charge in [-0.15, -0.1) is 0 Å². The van der Waals surface area contributed by atoms with Crippen molar-refractivity contribution in [1.82, 2.24) is 10.2 Å². The molecule has 0 atom stereocenters. The van der Waals surface area contributed by atoms with Gasteiger partial charge in [-0.3, -0.25) is 0 Å². The Balaban J connectivity index is 3.43. The predicted molar refractivity (Wildman–Crippen MR) is 57.4 cm³/mol. The van der Waals surface area contributed by atoms with Gasteiger partial charge in [0.05, 0.1) is 0 Å². The molecule has 0 heterocycles. The molecule has 0 aromatic heterocycles. The van der Waals surface area contributed by atoms with E-state index < -0.39 is 0 Å². The fourth-order valence-corrected chi connectivity index (χ4v) is 1.09. The Morgan fingerprint density at radius 1 is 1.21 bits per heavy atom. The van der Waals surface area contributed by atoms with E-state index in [-0.39, 0.29) is 6.09 Å². The van der Waals surface area contributed by atoms with E-state index >= 15 is 0 Å². The highest BCUT2D eigenvalue weighted by molar-refractivity contribution is 5.67. The number of nitrogens with zero attached hydrogens (tertiary/aromatic N) is 1. The largest absolute Gasteiger partial charge is 0.448 e. The molecule has 0 rings (SSSR count). The van der Waals surface area contributed by atoms with Crippen molar-refractivity contribution in [3.8, 4) is 0 Å². The lowest BCUT2D eigenvalue weighted by Gasteiger charge is -2.17.